The number of aliphatic hydroxyl groups excluding tert-OH is 1. The summed E-state index contributed by atoms with van der Waals surface area (Å²) in [7, 11) is 0. The van der Waals surface area contributed by atoms with Gasteiger partial charge in [0.25, 0.3) is 0 Å². The van der Waals surface area contributed by atoms with E-state index in [2.05, 4.69) is 16.3 Å². The van der Waals surface area contributed by atoms with Gasteiger partial charge in [0, 0.05) is 31.2 Å². The summed E-state index contributed by atoms with van der Waals surface area (Å²) in [6.45, 7) is 4.10. The van der Waals surface area contributed by atoms with Crippen molar-refractivity contribution >= 4 is 17.3 Å². The van der Waals surface area contributed by atoms with Gasteiger partial charge in [-0.15, -0.1) is 0 Å². The fourth-order valence-corrected chi connectivity index (χ4v) is 2.31. The van der Waals surface area contributed by atoms with E-state index >= 15 is 0 Å². The molecule has 0 spiro atoms. The molecule has 1 aromatic carbocycles. The Hall–Kier alpha value is -1.32. The van der Waals surface area contributed by atoms with Crippen molar-refractivity contribution in [1.29, 1.82) is 5.26 Å². The quantitative estimate of drug-likeness (QED) is 0.857. The molecule has 1 aromatic rings. The van der Waals surface area contributed by atoms with Crippen molar-refractivity contribution in [3.63, 3.8) is 0 Å². The van der Waals surface area contributed by atoms with E-state index < -0.39 is 6.10 Å². The van der Waals surface area contributed by atoms with Crippen LogP contribution in [0.1, 0.15) is 5.56 Å². The van der Waals surface area contributed by atoms with E-state index in [1.54, 1.807) is 18.2 Å². The van der Waals surface area contributed by atoms with Crippen molar-refractivity contribution in [2.24, 2.45) is 0 Å². The molecule has 1 atom stereocenters. The Labute approximate surface area is 123 Å². The van der Waals surface area contributed by atoms with Crippen LogP contribution in [0.5, 0.6) is 0 Å². The zero-order valence-electron chi connectivity index (χ0n) is 11.2. The minimum Gasteiger partial charge on any atom is -0.390 e. The molecule has 1 aliphatic rings. The lowest BCUT2D eigenvalue weighted by atomic mass is 10.2. The topological polar surface area (TPSA) is 68.5 Å². The second kappa shape index (κ2) is 7.46. The second-order valence-corrected chi connectivity index (χ2v) is 5.19. The first-order valence-corrected chi connectivity index (χ1v) is 6.98. The van der Waals surface area contributed by atoms with E-state index in [-0.39, 0.29) is 0 Å². The molecule has 1 heterocycles. The van der Waals surface area contributed by atoms with Crippen LogP contribution in [0.25, 0.3) is 0 Å². The van der Waals surface area contributed by atoms with Crippen LogP contribution in [0.15, 0.2) is 18.2 Å². The smallest absolute Gasteiger partial charge is 0.101 e. The van der Waals surface area contributed by atoms with Crippen LogP contribution < -0.4 is 5.32 Å². The molecule has 0 amide bonds. The molecule has 108 valence electrons. The number of morpholine rings is 1. The lowest BCUT2D eigenvalue weighted by Crippen LogP contribution is -2.42. The zero-order valence-corrected chi connectivity index (χ0v) is 11.9. The standard InChI is InChI=1S/C14H18ClN3O2/c15-12-2-1-11(8-16)14(7-12)17-9-13(19)10-18-3-5-20-6-4-18/h1-2,7,13,17,19H,3-6,9-10H2. The average molecular weight is 296 g/mol. The predicted molar refractivity (Wildman–Crippen MR) is 77.9 cm³/mol. The molecule has 2 rings (SSSR count). The molecule has 20 heavy (non-hydrogen) atoms. The van der Waals surface area contributed by atoms with Gasteiger partial charge in [-0.3, -0.25) is 4.90 Å². The molecule has 2 N–H and O–H groups in total. The monoisotopic (exact) mass is 295 g/mol. The molecule has 0 bridgehead atoms. The third kappa shape index (κ3) is 4.36. The van der Waals surface area contributed by atoms with Crippen molar-refractivity contribution in [2.75, 3.05) is 44.7 Å². The summed E-state index contributed by atoms with van der Waals surface area (Å²) in [5.74, 6) is 0. The zero-order chi connectivity index (χ0) is 14.4. The van der Waals surface area contributed by atoms with E-state index in [1.165, 1.54) is 0 Å². The van der Waals surface area contributed by atoms with Crippen molar-refractivity contribution in [3.05, 3.63) is 28.8 Å². The number of rotatable bonds is 5. The van der Waals surface area contributed by atoms with Gasteiger partial charge in [0.2, 0.25) is 0 Å². The number of β-amino-alcohol motifs (C(OH)–C–C–N with tert-alkyl or cyclic N) is 1. The molecule has 0 radical (unpaired) electrons. The number of hydrogen-bond acceptors (Lipinski definition) is 5. The van der Waals surface area contributed by atoms with Crippen molar-refractivity contribution in [1.82, 2.24) is 4.90 Å². The van der Waals surface area contributed by atoms with Crippen LogP contribution >= 0.6 is 11.6 Å². The summed E-state index contributed by atoms with van der Waals surface area (Å²) in [6.07, 6.45) is -0.501. The average Bonchev–Trinajstić information content (AvgIpc) is 2.46. The Morgan fingerprint density at radius 2 is 2.20 bits per heavy atom. The van der Waals surface area contributed by atoms with Crippen molar-refractivity contribution in [3.8, 4) is 6.07 Å². The molecule has 1 aliphatic heterocycles. The van der Waals surface area contributed by atoms with Crippen molar-refractivity contribution < 1.29 is 9.84 Å². The van der Waals surface area contributed by atoms with Crippen LogP contribution in [0.3, 0.4) is 0 Å². The molecule has 1 unspecified atom stereocenters. The number of hydrogen-bond donors (Lipinski definition) is 2. The molecule has 1 fully saturated rings. The van der Waals surface area contributed by atoms with Gasteiger partial charge in [-0.25, -0.2) is 0 Å². The summed E-state index contributed by atoms with van der Waals surface area (Å²) >= 11 is 5.91. The van der Waals surface area contributed by atoms with E-state index in [0.29, 0.717) is 42.6 Å². The first kappa shape index (κ1) is 15.1. The summed E-state index contributed by atoms with van der Waals surface area (Å²) < 4.78 is 5.26. The predicted octanol–water partition coefficient (Wildman–Crippen LogP) is 1.32. The summed E-state index contributed by atoms with van der Waals surface area (Å²) in [5, 5.41) is 22.7. The molecule has 0 saturated carbocycles. The lowest BCUT2D eigenvalue weighted by Gasteiger charge is -2.28. The number of halogens is 1. The van der Waals surface area contributed by atoms with E-state index in [0.717, 1.165) is 13.1 Å². The Balaban J connectivity index is 1.85. The van der Waals surface area contributed by atoms with Crippen LogP contribution in [0.2, 0.25) is 5.02 Å². The van der Waals surface area contributed by atoms with Crippen LogP contribution in [-0.2, 0) is 4.74 Å². The van der Waals surface area contributed by atoms with Gasteiger partial charge in [-0.2, -0.15) is 5.26 Å². The lowest BCUT2D eigenvalue weighted by molar-refractivity contribution is 0.0171. The minimum absolute atomic E-state index is 0.381. The molecule has 5 nitrogen and oxygen atoms in total. The Kier molecular flexibility index (Phi) is 5.62. The van der Waals surface area contributed by atoms with Gasteiger partial charge in [0.1, 0.15) is 6.07 Å². The van der Waals surface area contributed by atoms with E-state index in [4.69, 9.17) is 21.6 Å². The summed E-state index contributed by atoms with van der Waals surface area (Å²) in [5.41, 5.74) is 1.18. The first-order chi connectivity index (χ1) is 9.69. The summed E-state index contributed by atoms with van der Waals surface area (Å²) in [6, 6.07) is 7.14. The van der Waals surface area contributed by atoms with Gasteiger partial charge in [-0.1, -0.05) is 11.6 Å². The Morgan fingerprint density at radius 3 is 2.90 bits per heavy atom. The second-order valence-electron chi connectivity index (χ2n) is 4.75. The normalized spacial score (nSPS) is 17.4. The molecule has 0 aliphatic carbocycles. The number of nitrogens with one attached hydrogen (secondary N) is 1. The Morgan fingerprint density at radius 1 is 1.45 bits per heavy atom. The summed E-state index contributed by atoms with van der Waals surface area (Å²) in [4.78, 5) is 2.17. The van der Waals surface area contributed by atoms with E-state index in [9.17, 15) is 5.11 Å². The van der Waals surface area contributed by atoms with Gasteiger partial charge in [0.15, 0.2) is 0 Å². The van der Waals surface area contributed by atoms with Crippen LogP contribution in [0, 0.1) is 11.3 Å². The third-order valence-corrected chi connectivity index (χ3v) is 3.44. The number of aliphatic hydroxyl groups is 1. The molecular formula is C14H18ClN3O2. The molecule has 1 saturated heterocycles. The van der Waals surface area contributed by atoms with Gasteiger partial charge in [0.05, 0.1) is 30.6 Å². The van der Waals surface area contributed by atoms with Crippen LogP contribution in [-0.4, -0.2) is 55.5 Å². The van der Waals surface area contributed by atoms with E-state index in [1.807, 2.05) is 0 Å². The maximum absolute atomic E-state index is 10.0. The maximum Gasteiger partial charge on any atom is 0.101 e. The fraction of sp³-hybridized carbons (Fsp3) is 0.500. The maximum atomic E-state index is 10.0. The van der Waals surface area contributed by atoms with Gasteiger partial charge >= 0.3 is 0 Å². The number of ether oxygens (including phenoxy) is 1. The number of nitriles is 1. The number of benzene rings is 1. The van der Waals surface area contributed by atoms with Crippen molar-refractivity contribution in [2.45, 2.75) is 6.10 Å². The number of anilines is 1. The highest BCUT2D eigenvalue weighted by molar-refractivity contribution is 6.30. The fourth-order valence-electron chi connectivity index (χ4n) is 2.13. The molecule has 0 aromatic heterocycles. The minimum atomic E-state index is -0.501. The Bertz CT molecular complexity index is 484. The van der Waals surface area contributed by atoms with Gasteiger partial charge < -0.3 is 15.2 Å². The molecule has 6 heteroatoms. The highest BCUT2D eigenvalue weighted by atomic mass is 35.5. The van der Waals surface area contributed by atoms with Crippen LogP contribution in [0.4, 0.5) is 5.69 Å². The van der Waals surface area contributed by atoms with Gasteiger partial charge in [-0.05, 0) is 18.2 Å². The molecular weight excluding hydrogens is 278 g/mol. The number of nitrogens with zero attached hydrogens (tertiary/aromatic N) is 2. The highest BCUT2D eigenvalue weighted by Gasteiger charge is 2.15. The third-order valence-electron chi connectivity index (χ3n) is 3.20. The largest absolute Gasteiger partial charge is 0.390 e. The first-order valence-electron chi connectivity index (χ1n) is 6.60. The highest BCUT2D eigenvalue weighted by Crippen LogP contribution is 2.20. The SMILES string of the molecule is N#Cc1ccc(Cl)cc1NCC(O)CN1CCOCC1.